The van der Waals surface area contributed by atoms with Crippen LogP contribution in [0.25, 0.3) is 11.3 Å². The summed E-state index contributed by atoms with van der Waals surface area (Å²) in [5, 5.41) is 3.07. The number of rotatable bonds is 7. The summed E-state index contributed by atoms with van der Waals surface area (Å²) in [5.41, 5.74) is 6.36. The summed E-state index contributed by atoms with van der Waals surface area (Å²) < 4.78 is 0. The maximum absolute atomic E-state index is 13.1. The number of nitrogens with zero attached hydrogens (tertiary/aromatic N) is 5. The molecule has 1 aliphatic rings. The number of pyridine rings is 1. The van der Waals surface area contributed by atoms with Gasteiger partial charge in [0, 0.05) is 54.2 Å². The van der Waals surface area contributed by atoms with E-state index in [4.69, 9.17) is 4.98 Å². The van der Waals surface area contributed by atoms with Gasteiger partial charge in [-0.15, -0.1) is 0 Å². The second-order valence-corrected chi connectivity index (χ2v) is 11.0. The predicted octanol–water partition coefficient (Wildman–Crippen LogP) is 10.5. The van der Waals surface area contributed by atoms with E-state index in [2.05, 4.69) is 53.2 Å². The van der Waals surface area contributed by atoms with Crippen molar-refractivity contribution in [2.75, 3.05) is 30.9 Å². The fourth-order valence-corrected chi connectivity index (χ4v) is 5.56. The van der Waals surface area contributed by atoms with Gasteiger partial charge in [-0.1, -0.05) is 80.5 Å². The molecule has 7 heteroatoms. The number of hydrogen-bond acceptors (Lipinski definition) is 6. The first kappa shape index (κ1) is 41.9. The van der Waals surface area contributed by atoms with Crippen molar-refractivity contribution in [3.05, 3.63) is 95.9 Å². The van der Waals surface area contributed by atoms with Crippen molar-refractivity contribution in [2.24, 2.45) is 11.8 Å². The molecule has 0 radical (unpaired) electrons. The zero-order valence-electron chi connectivity index (χ0n) is 32.0. The lowest BCUT2D eigenvalue weighted by Crippen LogP contribution is -2.44. The number of benzene rings is 2. The van der Waals surface area contributed by atoms with E-state index in [1.165, 1.54) is 12.0 Å². The van der Waals surface area contributed by atoms with Crippen molar-refractivity contribution < 1.29 is 4.79 Å². The van der Waals surface area contributed by atoms with E-state index < -0.39 is 0 Å². The van der Waals surface area contributed by atoms with Gasteiger partial charge in [0.1, 0.15) is 0 Å². The van der Waals surface area contributed by atoms with Crippen LogP contribution >= 0.6 is 0 Å². The summed E-state index contributed by atoms with van der Waals surface area (Å²) in [6.07, 6.45) is 7.55. The molecule has 3 atom stereocenters. The van der Waals surface area contributed by atoms with Crippen LogP contribution in [0.1, 0.15) is 97.1 Å². The van der Waals surface area contributed by atoms with Crippen molar-refractivity contribution in [1.82, 2.24) is 19.9 Å². The molecule has 7 nitrogen and oxygen atoms in total. The number of carbonyl (C=O) groups excluding carboxylic acids is 1. The lowest BCUT2D eigenvalue weighted by atomic mass is 9.78. The number of aryl methyl sites for hydroxylation is 1. The maximum atomic E-state index is 13.1. The minimum Gasteiger partial charge on any atom is -0.322 e. The van der Waals surface area contributed by atoms with Crippen LogP contribution in [0.15, 0.2) is 79.3 Å². The Bertz CT molecular complexity index is 1460. The molecule has 48 heavy (non-hydrogen) atoms. The summed E-state index contributed by atoms with van der Waals surface area (Å²) in [4.78, 5) is 30.9. The van der Waals surface area contributed by atoms with Crippen molar-refractivity contribution in [2.45, 2.75) is 95.0 Å². The third kappa shape index (κ3) is 11.6. The molecule has 4 aromatic rings. The largest absolute Gasteiger partial charge is 0.322 e. The molecule has 1 amide bonds. The molecule has 2 aromatic carbocycles. The fourth-order valence-electron chi connectivity index (χ4n) is 5.56. The van der Waals surface area contributed by atoms with Crippen LogP contribution in [0, 0.1) is 18.8 Å². The van der Waals surface area contributed by atoms with Crippen LogP contribution in [0.3, 0.4) is 0 Å². The Hall–Kier alpha value is -4.10. The lowest BCUT2D eigenvalue weighted by molar-refractivity contribution is 0.0910. The standard InChI is InChI=1S/C33H38N6O.4C2H6/c1-22-8-13-29(20-31(22)39(5)33-35-17-14-30(37-33)28-7-6-16-34-21-28)36-32(40)26-11-9-25(10-12-26)19-27-15-18-38(4)24(3)23(27)2;4*1-2/h6-14,16-17,20-21,23-24,27H,15,18-19H2,1-5H3,(H,36,40);4*1-2H3. The Balaban J connectivity index is 0.00000134. The van der Waals surface area contributed by atoms with Gasteiger partial charge >= 0.3 is 0 Å². The highest BCUT2D eigenvalue weighted by molar-refractivity contribution is 6.04. The predicted molar refractivity (Wildman–Crippen MR) is 207 cm³/mol. The van der Waals surface area contributed by atoms with E-state index in [0.717, 1.165) is 41.2 Å². The van der Waals surface area contributed by atoms with E-state index in [-0.39, 0.29) is 5.91 Å². The van der Waals surface area contributed by atoms with Gasteiger partial charge in [-0.2, -0.15) is 0 Å². The Kier molecular flexibility index (Phi) is 19.6. The van der Waals surface area contributed by atoms with Gasteiger partial charge in [0.25, 0.3) is 5.91 Å². The van der Waals surface area contributed by atoms with Crippen LogP contribution < -0.4 is 10.2 Å². The molecule has 1 N–H and O–H groups in total. The first-order valence-corrected chi connectivity index (χ1v) is 18.0. The van der Waals surface area contributed by atoms with Gasteiger partial charge in [-0.05, 0) is 106 Å². The second kappa shape index (κ2) is 22.5. The Labute approximate surface area is 292 Å². The molecule has 0 aliphatic carbocycles. The normalized spacial score (nSPS) is 16.6. The average Bonchev–Trinajstić information content (AvgIpc) is 3.16. The van der Waals surface area contributed by atoms with E-state index >= 15 is 0 Å². The summed E-state index contributed by atoms with van der Waals surface area (Å²) >= 11 is 0. The number of hydrogen-bond donors (Lipinski definition) is 1. The first-order chi connectivity index (χ1) is 23.3. The molecule has 262 valence electrons. The minimum atomic E-state index is -0.125. The number of piperidine rings is 1. The van der Waals surface area contributed by atoms with Crippen molar-refractivity contribution in [1.29, 1.82) is 0 Å². The summed E-state index contributed by atoms with van der Waals surface area (Å²) in [6.45, 7) is 23.9. The van der Waals surface area contributed by atoms with Crippen molar-refractivity contribution in [3.8, 4) is 11.3 Å². The highest BCUT2D eigenvalue weighted by Crippen LogP contribution is 2.31. The summed E-state index contributed by atoms with van der Waals surface area (Å²) in [7, 11) is 4.15. The lowest BCUT2D eigenvalue weighted by Gasteiger charge is -2.41. The van der Waals surface area contributed by atoms with E-state index in [1.54, 1.807) is 18.6 Å². The molecule has 3 unspecified atom stereocenters. The smallest absolute Gasteiger partial charge is 0.255 e. The molecule has 0 bridgehead atoms. The van der Waals surface area contributed by atoms with Crippen LogP contribution in [-0.4, -0.2) is 52.4 Å². The van der Waals surface area contributed by atoms with Gasteiger partial charge in [0.05, 0.1) is 5.69 Å². The molecular formula is C41H62N6O. The van der Waals surface area contributed by atoms with Gasteiger partial charge in [-0.25, -0.2) is 9.97 Å². The zero-order valence-corrected chi connectivity index (χ0v) is 32.0. The number of carbonyl (C=O) groups is 1. The van der Waals surface area contributed by atoms with Crippen molar-refractivity contribution >= 4 is 23.2 Å². The van der Waals surface area contributed by atoms with Gasteiger partial charge < -0.3 is 15.1 Å². The molecule has 0 spiro atoms. The highest BCUT2D eigenvalue weighted by Gasteiger charge is 2.30. The monoisotopic (exact) mass is 654 g/mol. The molecule has 1 saturated heterocycles. The number of aromatic nitrogens is 3. The van der Waals surface area contributed by atoms with Crippen molar-refractivity contribution in [3.63, 3.8) is 0 Å². The molecule has 2 aromatic heterocycles. The first-order valence-electron chi connectivity index (χ1n) is 18.0. The second-order valence-electron chi connectivity index (χ2n) is 11.0. The van der Waals surface area contributed by atoms with Crippen LogP contribution in [-0.2, 0) is 6.42 Å². The number of nitrogens with one attached hydrogen (secondary N) is 1. The minimum absolute atomic E-state index is 0.125. The van der Waals surface area contributed by atoms with Crippen LogP contribution in [0.4, 0.5) is 17.3 Å². The number of amides is 1. The van der Waals surface area contributed by atoms with Crippen LogP contribution in [0.5, 0.6) is 0 Å². The maximum Gasteiger partial charge on any atom is 0.255 e. The van der Waals surface area contributed by atoms with Crippen LogP contribution in [0.2, 0.25) is 0 Å². The fraction of sp³-hybridized carbons (Fsp3) is 0.463. The molecule has 0 saturated carbocycles. The summed E-state index contributed by atoms with van der Waals surface area (Å²) in [6, 6.07) is 20.3. The zero-order chi connectivity index (χ0) is 36.2. The molecule has 1 fully saturated rings. The number of likely N-dealkylation sites (tertiary alicyclic amines) is 1. The molecule has 3 heterocycles. The Morgan fingerprint density at radius 2 is 1.58 bits per heavy atom. The Morgan fingerprint density at radius 3 is 2.21 bits per heavy atom. The third-order valence-corrected chi connectivity index (χ3v) is 8.49. The topological polar surface area (TPSA) is 74.2 Å². The summed E-state index contributed by atoms with van der Waals surface area (Å²) in [5.74, 6) is 1.76. The molecule has 1 aliphatic heterocycles. The van der Waals surface area contributed by atoms with Gasteiger partial charge in [-0.3, -0.25) is 9.78 Å². The SMILES string of the molecule is CC.CC.CC.CC.Cc1ccc(NC(=O)c2ccc(CC3CCN(C)C(C)C3C)cc2)cc1N(C)c1nccc(-c2cccnc2)n1. The molecular weight excluding hydrogens is 592 g/mol. The highest BCUT2D eigenvalue weighted by atomic mass is 16.1. The third-order valence-electron chi connectivity index (χ3n) is 8.49. The van der Waals surface area contributed by atoms with E-state index in [9.17, 15) is 4.79 Å². The Morgan fingerprint density at radius 1 is 0.917 bits per heavy atom. The van der Waals surface area contributed by atoms with Gasteiger partial charge in [0.15, 0.2) is 0 Å². The van der Waals surface area contributed by atoms with E-state index in [0.29, 0.717) is 29.4 Å². The molecule has 5 rings (SSSR count). The van der Waals surface area contributed by atoms with E-state index in [1.807, 2.05) is 123 Å². The average molecular weight is 655 g/mol. The quantitative estimate of drug-likeness (QED) is 0.214. The van der Waals surface area contributed by atoms with Gasteiger partial charge in [0.2, 0.25) is 5.95 Å². The number of anilines is 3.